The van der Waals surface area contributed by atoms with Gasteiger partial charge < -0.3 is 9.76 Å². The largest absolute Gasteiger partial charge is 0.427 e. The van der Waals surface area contributed by atoms with E-state index in [2.05, 4.69) is 111 Å². The van der Waals surface area contributed by atoms with E-state index in [4.69, 9.17) is 14.6 Å². The van der Waals surface area contributed by atoms with Crippen molar-refractivity contribution in [1.29, 1.82) is 0 Å². The van der Waals surface area contributed by atoms with E-state index in [0.717, 1.165) is 49.8 Å². The normalized spacial score (nSPS) is 12.4. The lowest BCUT2D eigenvalue weighted by atomic mass is 9.81. The zero-order valence-corrected chi connectivity index (χ0v) is 26.8. The predicted molar refractivity (Wildman–Crippen MR) is 191 cm³/mol. The Morgan fingerprint density at radius 1 is 0.578 bits per heavy atom. The molecule has 7 rings (SSSR count). The van der Waals surface area contributed by atoms with Gasteiger partial charge in [0.1, 0.15) is 0 Å². The van der Waals surface area contributed by atoms with Crippen LogP contribution in [0.15, 0.2) is 103 Å². The second kappa shape index (κ2) is 10.8. The highest BCUT2D eigenvalue weighted by molar-refractivity contribution is 6.47. The number of hydrogen-bond acceptors (Lipinski definition) is 4. The summed E-state index contributed by atoms with van der Waals surface area (Å²) in [6.07, 6.45) is 0. The number of aromatic nitrogens is 2. The number of hydrogen-bond donors (Lipinski definition) is 1. The second-order valence-electron chi connectivity index (χ2n) is 13.1. The maximum absolute atomic E-state index is 10.6. The van der Waals surface area contributed by atoms with Crippen molar-refractivity contribution in [3.05, 3.63) is 114 Å². The van der Waals surface area contributed by atoms with Crippen LogP contribution >= 0.6 is 0 Å². The molecule has 222 valence electrons. The topological polar surface area (TPSA) is 55.2 Å². The third kappa shape index (κ3) is 4.88. The maximum atomic E-state index is 10.6. The van der Waals surface area contributed by atoms with Crippen LogP contribution in [0.5, 0.6) is 0 Å². The molecule has 2 aromatic heterocycles. The molecular formula is C40H37BN2O2. The lowest BCUT2D eigenvalue weighted by molar-refractivity contribution is -0.0893. The summed E-state index contributed by atoms with van der Waals surface area (Å²) in [5, 5.41) is 17.7. The van der Waals surface area contributed by atoms with Crippen LogP contribution in [0.25, 0.3) is 65.9 Å². The van der Waals surface area contributed by atoms with Gasteiger partial charge in [0.15, 0.2) is 0 Å². The van der Waals surface area contributed by atoms with Gasteiger partial charge in [0, 0.05) is 32.7 Å². The van der Waals surface area contributed by atoms with Gasteiger partial charge in [0.25, 0.3) is 0 Å². The Morgan fingerprint density at radius 3 is 1.62 bits per heavy atom. The Bertz CT molecular complexity index is 2240. The minimum Gasteiger partial charge on any atom is -0.427 e. The van der Waals surface area contributed by atoms with E-state index in [0.29, 0.717) is 7.48 Å². The Labute approximate surface area is 265 Å². The summed E-state index contributed by atoms with van der Waals surface area (Å²) < 4.78 is 6.25. The first kappa shape index (κ1) is 29.2. The highest BCUT2D eigenvalue weighted by Crippen LogP contribution is 2.45. The van der Waals surface area contributed by atoms with Crippen molar-refractivity contribution in [3.63, 3.8) is 0 Å². The van der Waals surface area contributed by atoms with Gasteiger partial charge in [-0.2, -0.15) is 0 Å². The van der Waals surface area contributed by atoms with E-state index >= 15 is 0 Å². The number of benzene rings is 5. The molecule has 0 aliphatic heterocycles. The van der Waals surface area contributed by atoms with Crippen molar-refractivity contribution in [2.24, 2.45) is 0 Å². The maximum Gasteiger partial charge on any atom is 0.309 e. The van der Waals surface area contributed by atoms with Gasteiger partial charge >= 0.3 is 7.48 Å². The molecule has 0 saturated heterocycles. The number of nitrogens with zero attached hydrogens (tertiary/aromatic N) is 2. The van der Waals surface area contributed by atoms with Crippen LogP contribution in [-0.4, -0.2) is 33.8 Å². The van der Waals surface area contributed by atoms with Crippen LogP contribution in [0.3, 0.4) is 0 Å². The number of fused-ring (bicyclic) bond motifs is 6. The molecule has 5 aromatic carbocycles. The van der Waals surface area contributed by atoms with Gasteiger partial charge in [-0.15, -0.1) is 0 Å². The van der Waals surface area contributed by atoms with E-state index in [-0.39, 0.29) is 0 Å². The Hall–Kier alpha value is -4.58. The van der Waals surface area contributed by atoms with E-state index in [1.54, 1.807) is 13.8 Å². The molecule has 7 aromatic rings. The highest BCUT2D eigenvalue weighted by Gasteiger charge is 2.35. The molecule has 0 saturated carbocycles. The van der Waals surface area contributed by atoms with Crippen molar-refractivity contribution in [3.8, 4) is 22.5 Å². The van der Waals surface area contributed by atoms with Crippen LogP contribution < -0.4 is 5.46 Å². The molecule has 5 heteroatoms. The first-order valence-electron chi connectivity index (χ1n) is 15.6. The van der Waals surface area contributed by atoms with E-state index in [1.165, 1.54) is 32.7 Å². The van der Waals surface area contributed by atoms with Gasteiger partial charge in [-0.25, -0.2) is 9.97 Å². The smallest absolute Gasteiger partial charge is 0.309 e. The van der Waals surface area contributed by atoms with E-state index in [1.807, 2.05) is 19.9 Å². The molecule has 45 heavy (non-hydrogen) atoms. The summed E-state index contributed by atoms with van der Waals surface area (Å²) in [6.45, 7) is 11.9. The lowest BCUT2D eigenvalue weighted by Crippen LogP contribution is -2.49. The SMILES string of the molecule is Cc1c2c(-c3ccccc3)nc3cc(BOC(C)(C)C(C)(C)O)ccc3c2c(C)c2c(-c3ccccc3)nc3ccccc3c12. The van der Waals surface area contributed by atoms with Crippen molar-refractivity contribution >= 4 is 56.3 Å². The molecule has 0 spiro atoms. The monoisotopic (exact) mass is 588 g/mol. The second-order valence-corrected chi connectivity index (χ2v) is 13.1. The standard InChI is InChI=1S/C40H37BN2O2/c1-24-33-29-19-13-14-20-31(29)42-37(26-15-9-7-10-16-26)35(33)25(2)34-30-22-21-28(41-45-40(5,6)39(3,4)44)23-32(30)43-38(36(24)34)27-17-11-8-12-18-27/h7-23,41,44H,1-6H3. The van der Waals surface area contributed by atoms with Gasteiger partial charge in [-0.05, 0) is 75.6 Å². The first-order valence-corrected chi connectivity index (χ1v) is 15.6. The average Bonchev–Trinajstić information content (AvgIpc) is 3.04. The van der Waals surface area contributed by atoms with Crippen LogP contribution in [0.4, 0.5) is 0 Å². The van der Waals surface area contributed by atoms with Crippen molar-refractivity contribution in [1.82, 2.24) is 9.97 Å². The average molecular weight is 589 g/mol. The molecule has 0 bridgehead atoms. The van der Waals surface area contributed by atoms with Crippen molar-refractivity contribution in [2.75, 3.05) is 0 Å². The number of aryl methyl sites for hydroxylation is 2. The Kier molecular flexibility index (Phi) is 6.99. The molecule has 0 fully saturated rings. The summed E-state index contributed by atoms with van der Waals surface area (Å²) in [5.74, 6) is 0. The molecule has 4 nitrogen and oxygen atoms in total. The number of para-hydroxylation sites is 1. The van der Waals surface area contributed by atoms with E-state index in [9.17, 15) is 5.11 Å². The fourth-order valence-electron chi connectivity index (χ4n) is 6.42. The molecule has 2 heterocycles. The molecular weight excluding hydrogens is 551 g/mol. The predicted octanol–water partition coefficient (Wildman–Crippen LogP) is 8.58. The van der Waals surface area contributed by atoms with Crippen LogP contribution in [-0.2, 0) is 4.65 Å². The van der Waals surface area contributed by atoms with Gasteiger partial charge in [0.05, 0.1) is 33.6 Å². The van der Waals surface area contributed by atoms with Crippen LogP contribution in [0, 0.1) is 13.8 Å². The summed E-state index contributed by atoms with van der Waals surface area (Å²) >= 11 is 0. The summed E-state index contributed by atoms with van der Waals surface area (Å²) in [7, 11) is 0.372. The Balaban J connectivity index is 1.59. The molecule has 0 unspecified atom stereocenters. The molecule has 0 radical (unpaired) electrons. The van der Waals surface area contributed by atoms with Gasteiger partial charge in [-0.1, -0.05) is 96.5 Å². The third-order valence-corrected chi connectivity index (χ3v) is 9.61. The van der Waals surface area contributed by atoms with E-state index < -0.39 is 11.2 Å². The number of aliphatic hydroxyl groups is 1. The summed E-state index contributed by atoms with van der Waals surface area (Å²) in [4.78, 5) is 10.6. The molecule has 1 N–H and O–H groups in total. The highest BCUT2D eigenvalue weighted by atomic mass is 16.5. The minimum absolute atomic E-state index is 0.372. The fraction of sp³-hybridized carbons (Fsp3) is 0.200. The zero-order chi connectivity index (χ0) is 31.5. The zero-order valence-electron chi connectivity index (χ0n) is 26.8. The molecule has 0 aliphatic rings. The number of rotatable bonds is 6. The van der Waals surface area contributed by atoms with Crippen molar-refractivity contribution < 1.29 is 9.76 Å². The summed E-state index contributed by atoms with van der Waals surface area (Å²) in [5.41, 5.74) is 7.76. The van der Waals surface area contributed by atoms with Crippen LogP contribution in [0.2, 0.25) is 0 Å². The van der Waals surface area contributed by atoms with Gasteiger partial charge in [-0.3, -0.25) is 0 Å². The third-order valence-electron chi connectivity index (χ3n) is 9.61. The lowest BCUT2D eigenvalue weighted by Gasteiger charge is -2.37. The van der Waals surface area contributed by atoms with Crippen molar-refractivity contribution in [2.45, 2.75) is 52.7 Å². The quantitative estimate of drug-likeness (QED) is 0.120. The number of pyridine rings is 2. The molecule has 0 aliphatic carbocycles. The first-order chi connectivity index (χ1) is 21.5. The fourth-order valence-corrected chi connectivity index (χ4v) is 6.42. The summed E-state index contributed by atoms with van der Waals surface area (Å²) in [6, 6.07) is 35.9. The minimum atomic E-state index is -0.983. The molecule has 0 atom stereocenters. The Morgan fingerprint density at radius 2 is 1.07 bits per heavy atom. The van der Waals surface area contributed by atoms with Gasteiger partial charge in [0.2, 0.25) is 0 Å². The molecule has 0 amide bonds. The van der Waals surface area contributed by atoms with Crippen LogP contribution in [0.1, 0.15) is 38.8 Å².